The second-order valence-corrected chi connectivity index (χ2v) is 4.72. The highest BCUT2D eigenvalue weighted by Gasteiger charge is 2.11. The summed E-state index contributed by atoms with van der Waals surface area (Å²) < 4.78 is 5.41. The van der Waals surface area contributed by atoms with Crippen LogP contribution in [0.3, 0.4) is 0 Å². The average molecular weight is 291 g/mol. The molecule has 0 aliphatic heterocycles. The summed E-state index contributed by atoms with van der Waals surface area (Å²) in [5, 5.41) is 0.627. The van der Waals surface area contributed by atoms with E-state index in [-0.39, 0.29) is 12.5 Å². The van der Waals surface area contributed by atoms with Crippen molar-refractivity contribution in [2.75, 3.05) is 24.3 Å². The first-order chi connectivity index (χ1) is 9.56. The van der Waals surface area contributed by atoms with Crippen molar-refractivity contribution in [1.82, 2.24) is 0 Å². The molecule has 0 aromatic heterocycles. The zero-order chi connectivity index (χ0) is 14.5. The molecule has 104 valence electrons. The molecule has 0 atom stereocenters. The van der Waals surface area contributed by atoms with Crippen molar-refractivity contribution in [1.29, 1.82) is 0 Å². The molecule has 0 bridgehead atoms. The third-order valence-corrected chi connectivity index (χ3v) is 3.08. The zero-order valence-electron chi connectivity index (χ0n) is 11.0. The number of rotatable bonds is 4. The number of nitrogens with zero attached hydrogens (tertiary/aromatic N) is 1. The van der Waals surface area contributed by atoms with E-state index in [2.05, 4.69) is 0 Å². The number of nitrogen functional groups attached to an aromatic ring is 1. The lowest BCUT2D eigenvalue weighted by Crippen LogP contribution is -2.31. The number of carbonyl (C=O) groups excluding carboxylic acids is 1. The van der Waals surface area contributed by atoms with Gasteiger partial charge in [0.1, 0.15) is 5.75 Å². The van der Waals surface area contributed by atoms with Crippen LogP contribution in [0.25, 0.3) is 0 Å². The minimum Gasteiger partial charge on any atom is -0.484 e. The molecule has 0 unspecified atom stereocenters. The van der Waals surface area contributed by atoms with Gasteiger partial charge in [0, 0.05) is 23.4 Å². The summed E-state index contributed by atoms with van der Waals surface area (Å²) in [6.45, 7) is -0.0392. The second-order valence-electron chi connectivity index (χ2n) is 4.29. The predicted octanol–water partition coefficient (Wildman–Crippen LogP) is 2.96. The monoisotopic (exact) mass is 290 g/mol. The lowest BCUT2D eigenvalue weighted by molar-refractivity contribution is -0.120. The maximum atomic E-state index is 12.0. The molecule has 0 aliphatic carbocycles. The van der Waals surface area contributed by atoms with Gasteiger partial charge in [-0.2, -0.15) is 0 Å². The number of halogens is 1. The normalized spacial score (nSPS) is 10.1. The van der Waals surface area contributed by atoms with Gasteiger partial charge in [-0.25, -0.2) is 0 Å². The molecule has 0 spiro atoms. The number of benzene rings is 2. The maximum absolute atomic E-state index is 12.0. The number of amides is 1. The van der Waals surface area contributed by atoms with Crippen LogP contribution in [-0.4, -0.2) is 19.6 Å². The lowest BCUT2D eigenvalue weighted by Gasteiger charge is -2.17. The van der Waals surface area contributed by atoms with E-state index < -0.39 is 0 Å². The molecule has 20 heavy (non-hydrogen) atoms. The van der Waals surface area contributed by atoms with Crippen LogP contribution in [0.4, 0.5) is 11.4 Å². The molecule has 2 aromatic rings. The summed E-state index contributed by atoms with van der Waals surface area (Å²) in [6, 6.07) is 13.9. The Morgan fingerprint density at radius 1 is 1.15 bits per heavy atom. The third-order valence-electron chi connectivity index (χ3n) is 2.83. The van der Waals surface area contributed by atoms with Crippen LogP contribution in [0.2, 0.25) is 5.02 Å². The predicted molar refractivity (Wildman–Crippen MR) is 81.2 cm³/mol. The first-order valence-electron chi connectivity index (χ1n) is 6.07. The topological polar surface area (TPSA) is 55.6 Å². The van der Waals surface area contributed by atoms with E-state index in [1.807, 2.05) is 0 Å². The van der Waals surface area contributed by atoms with Crippen LogP contribution in [0.5, 0.6) is 5.75 Å². The van der Waals surface area contributed by atoms with Crippen molar-refractivity contribution in [2.45, 2.75) is 0 Å². The Kier molecular flexibility index (Phi) is 4.48. The number of likely N-dealkylation sites (N-methyl/N-ethyl adjacent to an activating group) is 1. The zero-order valence-corrected chi connectivity index (χ0v) is 11.8. The molecular formula is C15H15ClN2O2. The second kappa shape index (κ2) is 6.30. The van der Waals surface area contributed by atoms with E-state index in [1.165, 1.54) is 4.90 Å². The molecule has 0 heterocycles. The average Bonchev–Trinajstić information content (AvgIpc) is 2.46. The summed E-state index contributed by atoms with van der Waals surface area (Å²) in [6.07, 6.45) is 0. The minimum atomic E-state index is -0.148. The van der Waals surface area contributed by atoms with E-state index in [0.29, 0.717) is 16.5 Å². The van der Waals surface area contributed by atoms with Crippen LogP contribution in [-0.2, 0) is 4.79 Å². The van der Waals surface area contributed by atoms with Crippen molar-refractivity contribution in [3.05, 3.63) is 53.6 Å². The smallest absolute Gasteiger partial charge is 0.264 e. The summed E-state index contributed by atoms with van der Waals surface area (Å²) in [7, 11) is 1.69. The highest BCUT2D eigenvalue weighted by molar-refractivity contribution is 6.30. The molecular weight excluding hydrogens is 276 g/mol. The van der Waals surface area contributed by atoms with Crippen molar-refractivity contribution in [3.63, 3.8) is 0 Å². The Hall–Kier alpha value is -2.20. The molecule has 0 fully saturated rings. The SMILES string of the molecule is CN(C(=O)COc1ccc(Cl)cc1)c1ccc(N)cc1. The number of hydrogen-bond donors (Lipinski definition) is 1. The highest BCUT2D eigenvalue weighted by Crippen LogP contribution is 2.17. The van der Waals surface area contributed by atoms with Crippen LogP contribution < -0.4 is 15.4 Å². The van der Waals surface area contributed by atoms with E-state index in [4.69, 9.17) is 22.1 Å². The highest BCUT2D eigenvalue weighted by atomic mass is 35.5. The Balaban J connectivity index is 1.94. The molecule has 5 heteroatoms. The quantitative estimate of drug-likeness (QED) is 0.881. The fourth-order valence-corrected chi connectivity index (χ4v) is 1.74. The first kappa shape index (κ1) is 14.2. The Labute approximate surface area is 122 Å². The fraction of sp³-hybridized carbons (Fsp3) is 0.133. The van der Waals surface area contributed by atoms with Gasteiger partial charge in [-0.05, 0) is 48.5 Å². The summed E-state index contributed by atoms with van der Waals surface area (Å²) >= 11 is 5.78. The lowest BCUT2D eigenvalue weighted by atomic mass is 10.2. The van der Waals surface area contributed by atoms with Crippen LogP contribution >= 0.6 is 11.6 Å². The van der Waals surface area contributed by atoms with Gasteiger partial charge in [0.15, 0.2) is 6.61 Å². The summed E-state index contributed by atoms with van der Waals surface area (Å²) in [5.74, 6) is 0.457. The molecule has 0 saturated carbocycles. The number of ether oxygens (including phenoxy) is 1. The molecule has 0 aliphatic rings. The molecule has 0 radical (unpaired) electrons. The van der Waals surface area contributed by atoms with Gasteiger partial charge in [0.25, 0.3) is 5.91 Å². The summed E-state index contributed by atoms with van der Waals surface area (Å²) in [4.78, 5) is 13.5. The van der Waals surface area contributed by atoms with Crippen LogP contribution in [0.15, 0.2) is 48.5 Å². The third kappa shape index (κ3) is 3.65. The Morgan fingerprint density at radius 2 is 1.75 bits per heavy atom. The molecule has 4 nitrogen and oxygen atoms in total. The van der Waals surface area contributed by atoms with Crippen molar-refractivity contribution in [2.24, 2.45) is 0 Å². The molecule has 1 amide bonds. The van der Waals surface area contributed by atoms with E-state index >= 15 is 0 Å². The van der Waals surface area contributed by atoms with Gasteiger partial charge >= 0.3 is 0 Å². The standard InChI is InChI=1S/C15H15ClN2O2/c1-18(13-6-4-12(17)5-7-13)15(19)10-20-14-8-2-11(16)3-9-14/h2-9H,10,17H2,1H3. The van der Waals surface area contributed by atoms with Gasteiger partial charge < -0.3 is 15.4 Å². The van der Waals surface area contributed by atoms with E-state index in [1.54, 1.807) is 55.6 Å². The van der Waals surface area contributed by atoms with E-state index in [0.717, 1.165) is 5.69 Å². The van der Waals surface area contributed by atoms with Gasteiger partial charge in [0.2, 0.25) is 0 Å². The maximum Gasteiger partial charge on any atom is 0.264 e. The van der Waals surface area contributed by atoms with Crippen LogP contribution in [0.1, 0.15) is 0 Å². The number of nitrogens with two attached hydrogens (primary N) is 1. The van der Waals surface area contributed by atoms with Crippen LogP contribution in [0, 0.1) is 0 Å². The Bertz CT molecular complexity index is 582. The number of anilines is 2. The van der Waals surface area contributed by atoms with E-state index in [9.17, 15) is 4.79 Å². The first-order valence-corrected chi connectivity index (χ1v) is 6.44. The number of carbonyl (C=O) groups is 1. The van der Waals surface area contributed by atoms with Crippen molar-refractivity contribution < 1.29 is 9.53 Å². The van der Waals surface area contributed by atoms with Gasteiger partial charge in [-0.3, -0.25) is 4.79 Å². The largest absolute Gasteiger partial charge is 0.484 e. The Morgan fingerprint density at radius 3 is 2.35 bits per heavy atom. The molecule has 2 N–H and O–H groups in total. The summed E-state index contributed by atoms with van der Waals surface area (Å²) in [5.41, 5.74) is 7.04. The fourth-order valence-electron chi connectivity index (χ4n) is 1.61. The van der Waals surface area contributed by atoms with Gasteiger partial charge in [-0.15, -0.1) is 0 Å². The minimum absolute atomic E-state index is 0.0392. The molecule has 2 rings (SSSR count). The number of hydrogen-bond acceptors (Lipinski definition) is 3. The van der Waals surface area contributed by atoms with Crippen molar-refractivity contribution >= 4 is 28.9 Å². The van der Waals surface area contributed by atoms with Gasteiger partial charge in [0.05, 0.1) is 0 Å². The molecule has 2 aromatic carbocycles. The molecule has 0 saturated heterocycles. The van der Waals surface area contributed by atoms with Crippen molar-refractivity contribution in [3.8, 4) is 5.75 Å². The van der Waals surface area contributed by atoms with Gasteiger partial charge in [-0.1, -0.05) is 11.6 Å².